The van der Waals surface area contributed by atoms with Crippen molar-refractivity contribution >= 4 is 23.7 Å². The molecule has 57 nitrogen and oxygen atoms in total. The number of carboxylic acids is 1. The number of carboxylic acid groups (broad SMARTS) is 1. The molecule has 0 radical (unpaired) electrons. The fourth-order valence-electron chi connectivity index (χ4n) is 16.1. The molecular weight excluding hydrogens is 1730 g/mol. The normalized spacial score (nSPS) is 49.1. The molecule has 10 fully saturated rings. The number of hydrogen-bond donors (Lipinski definition) is 34. The van der Waals surface area contributed by atoms with Gasteiger partial charge in [-0.05, 0) is 0 Å². The van der Waals surface area contributed by atoms with E-state index in [9.17, 15) is 177 Å². The van der Waals surface area contributed by atoms with E-state index in [1.165, 1.54) is 0 Å². The van der Waals surface area contributed by atoms with Gasteiger partial charge in [0.2, 0.25) is 17.7 Å². The standard InChI is InChI=1S/C69H115N3O54/c1-15(81)70-29-40(94)51(24(10-78)110-59(29)105)119-60-30(71-16(2)82)41(95)52(25(11-79)115-60)120-65-49(103)55(39(93)28(118-65)14-109-63-48(102)54(122-64-47(101)44(98)35(89)21(7-75)112-64)38(92)27(117-63)13-108-62-46(100)43(97)34(88)20(6-74)111-62)123-67-58(45(99)36(90)22(8-76)114-67)124-61-31(72-17(3)83)42(96)53(26(12-80)116-61)121-66-50(104)57(37(91)23(9-77)113-66)126-69(68(106)107)4-18(84)32(86)56(125-69)33(87)19(85)5-73/h18-67,73-80,84-105H,4-14H2,1-3H3,(H,70,81)(H,71,82)(H,72,83)(H,106,107)/t18-,19+,20+,21+,22+,23+,24+,25+,26+,27+,28+,29+,30+,31+,32+,33+,34+,35+,36+,37-,38+,39+,40+,41+,42+,43-,44-,45-,46-,47-,48-,49-,50+,51+,52+,53+,54-,55-,56+,57-,58-,59?,60-,61-,62-,63-,64+,65-,66-,67+,69-/m0/s1. The van der Waals surface area contributed by atoms with Crippen molar-refractivity contribution in [2.24, 2.45) is 0 Å². The number of carbonyl (C=O) groups is 4. The van der Waals surface area contributed by atoms with Gasteiger partial charge in [-0.25, -0.2) is 4.79 Å². The first kappa shape index (κ1) is 104. The van der Waals surface area contributed by atoms with Gasteiger partial charge < -0.3 is 264 Å². The van der Waals surface area contributed by atoms with Crippen molar-refractivity contribution in [1.82, 2.24) is 16.0 Å². The van der Waals surface area contributed by atoms with E-state index in [0.717, 1.165) is 20.8 Å². The summed E-state index contributed by atoms with van der Waals surface area (Å²) in [5, 5.41) is 351. The minimum Gasteiger partial charge on any atom is -0.477 e. The molecule has 0 aromatic rings. The van der Waals surface area contributed by atoms with E-state index in [1.54, 1.807) is 0 Å². The molecule has 10 rings (SSSR count). The summed E-state index contributed by atoms with van der Waals surface area (Å²) >= 11 is 0. The molecular formula is C69H115N3O54. The number of hydrogen-bond acceptors (Lipinski definition) is 53. The summed E-state index contributed by atoms with van der Waals surface area (Å²) in [5.41, 5.74) is 0. The summed E-state index contributed by atoms with van der Waals surface area (Å²) in [6.07, 6.45) is -105. The number of aliphatic hydroxyl groups excluding tert-OH is 30. The molecule has 730 valence electrons. The fraction of sp³-hybridized carbons (Fsp3) is 0.942. The van der Waals surface area contributed by atoms with Crippen molar-refractivity contribution in [2.75, 3.05) is 66.1 Å². The van der Waals surface area contributed by atoms with Crippen LogP contribution >= 0.6 is 0 Å². The van der Waals surface area contributed by atoms with E-state index in [0.29, 0.717) is 0 Å². The maximum Gasteiger partial charge on any atom is 0.364 e. The summed E-state index contributed by atoms with van der Waals surface area (Å²) in [6.45, 7) is -8.91. The van der Waals surface area contributed by atoms with Crippen molar-refractivity contribution in [2.45, 2.75) is 340 Å². The summed E-state index contributed by atoms with van der Waals surface area (Å²) in [4.78, 5) is 51.6. The molecule has 51 atom stereocenters. The average Bonchev–Trinajstić information content (AvgIpc) is 0.744. The van der Waals surface area contributed by atoms with Crippen LogP contribution in [0.2, 0.25) is 0 Å². The molecule has 0 saturated carbocycles. The van der Waals surface area contributed by atoms with E-state index < -0.39 is 409 Å². The zero-order chi connectivity index (χ0) is 93.0. The van der Waals surface area contributed by atoms with Crippen LogP contribution in [0.3, 0.4) is 0 Å². The summed E-state index contributed by atoms with van der Waals surface area (Å²) < 4.78 is 111. The molecule has 0 bridgehead atoms. The van der Waals surface area contributed by atoms with Crippen LogP contribution in [-0.4, -0.2) is 561 Å². The van der Waals surface area contributed by atoms with Crippen molar-refractivity contribution in [3.8, 4) is 0 Å². The molecule has 10 aliphatic rings. The van der Waals surface area contributed by atoms with Gasteiger partial charge in [0.1, 0.15) is 244 Å². The molecule has 0 aromatic carbocycles. The lowest BCUT2D eigenvalue weighted by Crippen LogP contribution is -2.71. The molecule has 10 saturated heterocycles. The second-order valence-corrected chi connectivity index (χ2v) is 31.7. The zero-order valence-electron chi connectivity index (χ0n) is 66.9. The van der Waals surface area contributed by atoms with E-state index in [2.05, 4.69) is 16.0 Å². The molecule has 57 heteroatoms. The largest absolute Gasteiger partial charge is 0.477 e. The van der Waals surface area contributed by atoms with Gasteiger partial charge in [-0.2, -0.15) is 0 Å². The monoisotopic (exact) mass is 1850 g/mol. The first-order chi connectivity index (χ1) is 59.5. The highest BCUT2D eigenvalue weighted by molar-refractivity contribution is 5.76. The van der Waals surface area contributed by atoms with Gasteiger partial charge in [-0.15, -0.1) is 0 Å². The topological polar surface area (TPSA) is 907 Å². The lowest BCUT2D eigenvalue weighted by Gasteiger charge is -2.51. The van der Waals surface area contributed by atoms with Crippen molar-refractivity contribution < 1.29 is 267 Å². The summed E-state index contributed by atoms with van der Waals surface area (Å²) in [6, 6.07) is -5.82. The van der Waals surface area contributed by atoms with Gasteiger partial charge >= 0.3 is 5.97 Å². The van der Waals surface area contributed by atoms with E-state index >= 15 is 0 Å². The Kier molecular flexibility index (Phi) is 37.0. The first-order valence-electron chi connectivity index (χ1n) is 39.8. The third kappa shape index (κ3) is 22.4. The van der Waals surface area contributed by atoms with Crippen LogP contribution in [0.4, 0.5) is 0 Å². The third-order valence-electron chi connectivity index (χ3n) is 23.0. The molecule has 1 unspecified atom stereocenters. The Balaban J connectivity index is 0.975. The Morgan fingerprint density at radius 2 is 0.643 bits per heavy atom. The molecule has 126 heavy (non-hydrogen) atoms. The number of nitrogens with one attached hydrogen (secondary N) is 3. The Hall–Kier alpha value is -4.08. The lowest BCUT2D eigenvalue weighted by molar-refractivity contribution is -0.401. The maximum absolute atomic E-state index is 13.2. The number of rotatable bonds is 34. The molecule has 10 heterocycles. The SMILES string of the molecule is CC(=O)N[C@H]1[C@H](O[C@H]2[C@H](O)[C@@H](NC(C)=O)C(O)O[C@@H]2CO)O[C@H](CO)[C@@H](O[C@@H]2O[C@H](CO[C@H]3O[C@H](CO[C@H]4O[C@H](CO)[C@@H](O)[C@H](O)[C@@H]4O)[C@@H](O)[C@H](O[C@H]4O[C@H](CO)[C@@H](O)[C@H](O)[C@@H]4O)[C@@H]3O)[C@@H](O)[C@H](O[C@H]3O[C@H](CO)[C@@H](O)[C@H](O)[C@@H]3O[C@@H]3O[C@H](CO)[C@@H](O[C@@H]4O[C@H](CO)[C@H](O)[C@H](O[C@]5(C(=O)O)C[C@H](O)[C@@H](O)[C@H]([C@H](O)[C@H](O)CO)O5)[C@H]4O)[C@H](O)[C@H]3NC(C)=O)[C@@H]2O)[C@@H]1O. The Morgan fingerprint density at radius 1 is 0.325 bits per heavy atom. The molecule has 0 aromatic heterocycles. The Morgan fingerprint density at radius 3 is 1.09 bits per heavy atom. The molecule has 0 aliphatic carbocycles. The van der Waals surface area contributed by atoms with Gasteiger partial charge in [0.05, 0.1) is 72.2 Å². The van der Waals surface area contributed by atoms with E-state index in [-0.39, 0.29) is 0 Å². The second-order valence-electron chi connectivity index (χ2n) is 31.7. The minimum atomic E-state index is -3.33. The first-order valence-corrected chi connectivity index (χ1v) is 39.8. The Labute approximate surface area is 711 Å². The van der Waals surface area contributed by atoms with E-state index in [1.807, 2.05) is 0 Å². The number of carbonyl (C=O) groups excluding carboxylic acids is 3. The van der Waals surface area contributed by atoms with Crippen LogP contribution < -0.4 is 16.0 Å². The number of amides is 3. The third-order valence-corrected chi connectivity index (χ3v) is 23.0. The number of ether oxygens (including phenoxy) is 19. The quantitative estimate of drug-likeness (QED) is 0.0284. The molecule has 34 N–H and O–H groups in total. The van der Waals surface area contributed by atoms with Gasteiger partial charge in [0, 0.05) is 27.2 Å². The predicted molar refractivity (Wildman–Crippen MR) is 382 cm³/mol. The van der Waals surface area contributed by atoms with Crippen molar-refractivity contribution in [1.29, 1.82) is 0 Å². The van der Waals surface area contributed by atoms with Crippen LogP contribution in [0.1, 0.15) is 27.2 Å². The highest BCUT2D eigenvalue weighted by atomic mass is 16.8. The van der Waals surface area contributed by atoms with Crippen LogP contribution in [0, 0.1) is 0 Å². The van der Waals surface area contributed by atoms with Crippen molar-refractivity contribution in [3.63, 3.8) is 0 Å². The highest BCUT2D eigenvalue weighted by Crippen LogP contribution is 2.43. The van der Waals surface area contributed by atoms with Gasteiger partial charge in [-0.1, -0.05) is 0 Å². The van der Waals surface area contributed by atoms with Crippen LogP contribution in [0.5, 0.6) is 0 Å². The predicted octanol–water partition coefficient (Wildman–Crippen LogP) is -23.2. The fourth-order valence-corrected chi connectivity index (χ4v) is 16.1. The maximum atomic E-state index is 13.2. The lowest BCUT2D eigenvalue weighted by atomic mass is 9.90. The van der Waals surface area contributed by atoms with E-state index in [4.69, 9.17) is 90.0 Å². The minimum absolute atomic E-state index is 0.815. The number of aliphatic carboxylic acids is 1. The summed E-state index contributed by atoms with van der Waals surface area (Å²) in [7, 11) is 0. The smallest absolute Gasteiger partial charge is 0.364 e. The van der Waals surface area contributed by atoms with Gasteiger partial charge in [0.15, 0.2) is 56.6 Å². The Bertz CT molecular complexity index is 3420. The van der Waals surface area contributed by atoms with Crippen molar-refractivity contribution in [3.05, 3.63) is 0 Å². The summed E-state index contributed by atoms with van der Waals surface area (Å²) in [5.74, 6) is -8.38. The average molecular weight is 1850 g/mol. The van der Waals surface area contributed by atoms with Crippen LogP contribution in [0.15, 0.2) is 0 Å². The molecule has 0 spiro atoms. The van der Waals surface area contributed by atoms with Gasteiger partial charge in [0.25, 0.3) is 5.79 Å². The highest BCUT2D eigenvalue weighted by Gasteiger charge is 2.64. The number of aliphatic hydroxyl groups is 30. The molecule has 10 aliphatic heterocycles. The zero-order valence-corrected chi connectivity index (χ0v) is 66.9. The van der Waals surface area contributed by atoms with Crippen LogP contribution in [0.25, 0.3) is 0 Å². The van der Waals surface area contributed by atoms with Crippen LogP contribution in [-0.2, 0) is 109 Å². The molecule has 3 amide bonds. The van der Waals surface area contributed by atoms with Gasteiger partial charge in [-0.3, -0.25) is 14.4 Å². The second kappa shape index (κ2) is 44.8.